The van der Waals surface area contributed by atoms with Crippen LogP contribution in [-0.4, -0.2) is 77.8 Å². The zero-order valence-corrected chi connectivity index (χ0v) is 15.8. The minimum Gasteiger partial charge on any atom is -0.378 e. The van der Waals surface area contributed by atoms with Crippen molar-refractivity contribution in [2.24, 2.45) is 0 Å². The number of hydrogen-bond donors (Lipinski definition) is 0. The first-order chi connectivity index (χ1) is 13.2. The molecule has 0 aromatic carbocycles. The molecular weight excluding hydrogens is 344 g/mol. The number of rotatable bonds is 4. The van der Waals surface area contributed by atoms with Crippen LogP contribution < -0.4 is 9.80 Å². The molecule has 8 heteroatoms. The number of hydrogen-bond acceptors (Lipinski definition) is 6. The van der Waals surface area contributed by atoms with Crippen molar-refractivity contribution in [3.8, 4) is 0 Å². The third-order valence-electron chi connectivity index (χ3n) is 5.06. The number of ether oxygens (including phenoxy) is 1. The van der Waals surface area contributed by atoms with E-state index in [-0.39, 0.29) is 5.91 Å². The van der Waals surface area contributed by atoms with Crippen LogP contribution in [0.5, 0.6) is 0 Å². The smallest absolute Gasteiger partial charge is 0.242 e. The first kappa shape index (κ1) is 17.8. The van der Waals surface area contributed by atoms with E-state index in [1.807, 2.05) is 47.0 Å². The highest BCUT2D eigenvalue weighted by Gasteiger charge is 2.24. The minimum absolute atomic E-state index is 0.157. The summed E-state index contributed by atoms with van der Waals surface area (Å²) in [6.45, 7) is 8.50. The van der Waals surface area contributed by atoms with Crippen LogP contribution in [0.4, 0.5) is 11.8 Å². The molecule has 2 aliphatic heterocycles. The van der Waals surface area contributed by atoms with Gasteiger partial charge in [0, 0.05) is 63.4 Å². The highest BCUT2D eigenvalue weighted by atomic mass is 16.5. The van der Waals surface area contributed by atoms with E-state index in [4.69, 9.17) is 9.72 Å². The number of piperazine rings is 1. The number of carbonyl (C=O) groups excluding carboxylic acids is 1. The molecule has 0 bridgehead atoms. The lowest BCUT2D eigenvalue weighted by molar-refractivity contribution is -0.132. The number of anilines is 2. The van der Waals surface area contributed by atoms with Crippen molar-refractivity contribution < 1.29 is 9.53 Å². The lowest BCUT2D eigenvalue weighted by atomic mass is 10.3. The van der Waals surface area contributed by atoms with Gasteiger partial charge in [0.25, 0.3) is 0 Å². The van der Waals surface area contributed by atoms with Gasteiger partial charge < -0.3 is 24.0 Å². The number of nitrogens with zero attached hydrogens (tertiary/aromatic N) is 6. The quantitative estimate of drug-likeness (QED) is 0.792. The molecule has 4 heterocycles. The first-order valence-corrected chi connectivity index (χ1v) is 9.51. The summed E-state index contributed by atoms with van der Waals surface area (Å²) >= 11 is 0. The predicted molar refractivity (Wildman–Crippen MR) is 103 cm³/mol. The second-order valence-corrected chi connectivity index (χ2v) is 6.99. The first-order valence-electron chi connectivity index (χ1n) is 9.51. The number of aryl methyl sites for hydroxylation is 1. The average molecular weight is 370 g/mol. The van der Waals surface area contributed by atoms with Gasteiger partial charge >= 0.3 is 0 Å². The molecule has 4 rings (SSSR count). The molecule has 0 atom stereocenters. The molecule has 0 unspecified atom stereocenters. The van der Waals surface area contributed by atoms with E-state index in [0.717, 1.165) is 56.9 Å². The van der Waals surface area contributed by atoms with Crippen LogP contribution in [-0.2, 0) is 16.1 Å². The van der Waals surface area contributed by atoms with E-state index >= 15 is 0 Å². The van der Waals surface area contributed by atoms with Crippen LogP contribution in [0.25, 0.3) is 0 Å². The Morgan fingerprint density at radius 3 is 2.41 bits per heavy atom. The second kappa shape index (κ2) is 7.96. The molecule has 0 N–H and O–H groups in total. The normalized spacial score (nSPS) is 18.0. The lowest BCUT2D eigenvalue weighted by Crippen LogP contribution is -2.50. The van der Waals surface area contributed by atoms with Gasteiger partial charge in [-0.1, -0.05) is 0 Å². The molecule has 2 aliphatic rings. The van der Waals surface area contributed by atoms with Gasteiger partial charge in [0.15, 0.2) is 0 Å². The van der Waals surface area contributed by atoms with Gasteiger partial charge in [-0.2, -0.15) is 4.98 Å². The zero-order chi connectivity index (χ0) is 18.6. The van der Waals surface area contributed by atoms with Crippen LogP contribution >= 0.6 is 0 Å². The van der Waals surface area contributed by atoms with Gasteiger partial charge in [-0.15, -0.1) is 0 Å². The van der Waals surface area contributed by atoms with E-state index < -0.39 is 0 Å². The van der Waals surface area contributed by atoms with E-state index in [9.17, 15) is 4.79 Å². The Morgan fingerprint density at radius 2 is 1.70 bits per heavy atom. The third kappa shape index (κ3) is 4.21. The topological polar surface area (TPSA) is 66.7 Å². The number of amides is 1. The van der Waals surface area contributed by atoms with Crippen LogP contribution in [0.15, 0.2) is 30.6 Å². The van der Waals surface area contributed by atoms with Crippen molar-refractivity contribution in [3.63, 3.8) is 0 Å². The van der Waals surface area contributed by atoms with Crippen molar-refractivity contribution in [1.82, 2.24) is 19.4 Å². The van der Waals surface area contributed by atoms with Crippen molar-refractivity contribution in [2.45, 2.75) is 13.5 Å². The lowest BCUT2D eigenvalue weighted by Gasteiger charge is -2.35. The van der Waals surface area contributed by atoms with Crippen molar-refractivity contribution >= 4 is 17.7 Å². The van der Waals surface area contributed by atoms with Gasteiger partial charge in [0.2, 0.25) is 11.9 Å². The average Bonchev–Trinajstić information content (AvgIpc) is 3.21. The van der Waals surface area contributed by atoms with Gasteiger partial charge in [0.1, 0.15) is 12.4 Å². The maximum Gasteiger partial charge on any atom is 0.242 e. The third-order valence-corrected chi connectivity index (χ3v) is 5.06. The molecule has 2 aromatic rings. The van der Waals surface area contributed by atoms with E-state index in [1.54, 1.807) is 0 Å². The largest absolute Gasteiger partial charge is 0.378 e. The number of carbonyl (C=O) groups is 1. The summed E-state index contributed by atoms with van der Waals surface area (Å²) in [7, 11) is 0. The summed E-state index contributed by atoms with van der Waals surface area (Å²) in [6, 6.07) is 5.91. The fourth-order valence-corrected chi connectivity index (χ4v) is 3.52. The van der Waals surface area contributed by atoms with Crippen molar-refractivity contribution in [2.75, 3.05) is 62.3 Å². The highest BCUT2D eigenvalue weighted by Crippen LogP contribution is 2.19. The summed E-state index contributed by atoms with van der Waals surface area (Å²) in [4.78, 5) is 28.2. The van der Waals surface area contributed by atoms with E-state index in [0.29, 0.717) is 19.6 Å². The van der Waals surface area contributed by atoms with Crippen LogP contribution in [0.3, 0.4) is 0 Å². The van der Waals surface area contributed by atoms with Crippen molar-refractivity contribution in [1.29, 1.82) is 0 Å². The molecule has 0 spiro atoms. The van der Waals surface area contributed by atoms with Gasteiger partial charge in [-0.25, -0.2) is 4.98 Å². The highest BCUT2D eigenvalue weighted by molar-refractivity contribution is 5.76. The molecule has 2 saturated heterocycles. The summed E-state index contributed by atoms with van der Waals surface area (Å²) in [5.74, 6) is 1.88. The second-order valence-electron chi connectivity index (χ2n) is 6.99. The standard InChI is InChI=1S/C19H26N6O2/c1-16-14-17(23-10-12-27-13-11-23)21-19(20-16)25-8-6-24(7-9-25)18(26)15-22-4-2-3-5-22/h2-5,14H,6-13,15H2,1H3. The van der Waals surface area contributed by atoms with E-state index in [1.165, 1.54) is 0 Å². The molecule has 1 amide bonds. The molecule has 144 valence electrons. The summed E-state index contributed by atoms with van der Waals surface area (Å²) < 4.78 is 7.34. The van der Waals surface area contributed by atoms with E-state index in [2.05, 4.69) is 14.8 Å². The molecular formula is C19H26N6O2. The number of morpholine rings is 1. The SMILES string of the molecule is Cc1cc(N2CCOCC2)nc(N2CCN(C(=O)Cn3cccc3)CC2)n1. The Balaban J connectivity index is 1.39. The molecule has 8 nitrogen and oxygen atoms in total. The van der Waals surface area contributed by atoms with Crippen LogP contribution in [0, 0.1) is 6.92 Å². The summed E-state index contributed by atoms with van der Waals surface area (Å²) in [6.07, 6.45) is 3.84. The Hall–Kier alpha value is -2.61. The summed E-state index contributed by atoms with van der Waals surface area (Å²) in [5.41, 5.74) is 0.965. The maximum atomic E-state index is 12.5. The number of aromatic nitrogens is 3. The molecule has 0 saturated carbocycles. The van der Waals surface area contributed by atoms with Gasteiger partial charge in [-0.3, -0.25) is 4.79 Å². The van der Waals surface area contributed by atoms with Crippen molar-refractivity contribution in [3.05, 3.63) is 36.3 Å². The van der Waals surface area contributed by atoms with Gasteiger partial charge in [-0.05, 0) is 19.1 Å². The Morgan fingerprint density at radius 1 is 1.00 bits per heavy atom. The molecule has 0 radical (unpaired) electrons. The predicted octanol–water partition coefficient (Wildman–Crippen LogP) is 0.772. The Labute approximate surface area is 159 Å². The molecule has 27 heavy (non-hydrogen) atoms. The van der Waals surface area contributed by atoms with Crippen LogP contribution in [0.2, 0.25) is 0 Å². The fraction of sp³-hybridized carbons (Fsp3) is 0.526. The molecule has 0 aliphatic carbocycles. The van der Waals surface area contributed by atoms with Crippen LogP contribution in [0.1, 0.15) is 5.69 Å². The van der Waals surface area contributed by atoms with Gasteiger partial charge in [0.05, 0.1) is 13.2 Å². The fourth-order valence-electron chi connectivity index (χ4n) is 3.52. The maximum absolute atomic E-state index is 12.5. The minimum atomic E-state index is 0.157. The molecule has 2 fully saturated rings. The summed E-state index contributed by atoms with van der Waals surface area (Å²) in [5, 5.41) is 0. The molecule has 2 aromatic heterocycles. The Bertz CT molecular complexity index is 765. The Kier molecular flexibility index (Phi) is 5.24. The monoisotopic (exact) mass is 370 g/mol. The zero-order valence-electron chi connectivity index (χ0n) is 15.8.